The molecule has 0 N–H and O–H groups in total. The summed E-state index contributed by atoms with van der Waals surface area (Å²) in [6.45, 7) is 6.17. The number of benzene rings is 1. The number of aromatic nitrogens is 4. The fourth-order valence-corrected chi connectivity index (χ4v) is 5.13. The Labute approximate surface area is 180 Å². The van der Waals surface area contributed by atoms with Crippen LogP contribution in [0.3, 0.4) is 0 Å². The maximum atomic E-state index is 12.7. The summed E-state index contributed by atoms with van der Waals surface area (Å²) >= 11 is 1.71. The summed E-state index contributed by atoms with van der Waals surface area (Å²) in [5.74, 6) is 0.967. The third-order valence-corrected chi connectivity index (χ3v) is 6.98. The smallest absolute Gasteiger partial charge is 0.295 e. The van der Waals surface area contributed by atoms with Crippen molar-refractivity contribution < 1.29 is 0 Å². The quantitative estimate of drug-likeness (QED) is 0.630. The summed E-state index contributed by atoms with van der Waals surface area (Å²) in [6.07, 6.45) is 4.34. The van der Waals surface area contributed by atoms with E-state index in [1.807, 2.05) is 10.6 Å². The van der Waals surface area contributed by atoms with E-state index in [1.54, 1.807) is 16.0 Å². The maximum Gasteiger partial charge on any atom is 0.347 e. The molecule has 0 atom stereocenters. The topological polar surface area (TPSA) is 59.2 Å². The van der Waals surface area contributed by atoms with E-state index in [1.165, 1.54) is 12.0 Å². The lowest BCUT2D eigenvalue weighted by Crippen LogP contribution is -2.47. The minimum atomic E-state index is 0.0604. The van der Waals surface area contributed by atoms with Gasteiger partial charge < -0.3 is 0 Å². The zero-order chi connectivity index (χ0) is 20.3. The molecule has 30 heavy (non-hydrogen) atoms. The SMILES string of the molecule is O=c1n(CN2CCN(Cc3csc(-c4ccccc4)n3)CC2)nc2n1CCCCC2. The molecular weight excluding hydrogens is 396 g/mol. The van der Waals surface area contributed by atoms with Crippen LogP contribution in [0.15, 0.2) is 40.5 Å². The van der Waals surface area contributed by atoms with Crippen LogP contribution in [-0.4, -0.2) is 55.3 Å². The van der Waals surface area contributed by atoms with Gasteiger partial charge in [-0.2, -0.15) is 9.78 Å². The molecule has 2 aliphatic rings. The third kappa shape index (κ3) is 4.26. The summed E-state index contributed by atoms with van der Waals surface area (Å²) in [5.41, 5.74) is 2.38. The molecule has 0 bridgehead atoms. The molecule has 1 saturated heterocycles. The van der Waals surface area contributed by atoms with Gasteiger partial charge >= 0.3 is 5.69 Å². The predicted octanol–water partition coefficient (Wildman–Crippen LogP) is 2.67. The average molecular weight is 425 g/mol. The Morgan fingerprint density at radius 2 is 1.73 bits per heavy atom. The number of rotatable bonds is 5. The molecule has 1 fully saturated rings. The van der Waals surface area contributed by atoms with E-state index in [4.69, 9.17) is 4.98 Å². The van der Waals surface area contributed by atoms with Crippen LogP contribution < -0.4 is 5.69 Å². The molecule has 0 saturated carbocycles. The first-order chi connectivity index (χ1) is 14.8. The molecule has 2 aromatic heterocycles. The minimum Gasteiger partial charge on any atom is -0.295 e. The molecule has 2 aliphatic heterocycles. The molecule has 0 radical (unpaired) electrons. The van der Waals surface area contributed by atoms with Crippen LogP contribution in [0, 0.1) is 0 Å². The van der Waals surface area contributed by atoms with E-state index >= 15 is 0 Å². The summed E-state index contributed by atoms with van der Waals surface area (Å²) in [7, 11) is 0. The van der Waals surface area contributed by atoms with E-state index in [0.717, 1.165) is 75.1 Å². The second kappa shape index (κ2) is 8.83. The predicted molar refractivity (Wildman–Crippen MR) is 118 cm³/mol. The van der Waals surface area contributed by atoms with Gasteiger partial charge in [0.05, 0.1) is 12.4 Å². The van der Waals surface area contributed by atoms with Crippen LogP contribution >= 0.6 is 11.3 Å². The molecule has 0 spiro atoms. The zero-order valence-electron chi connectivity index (χ0n) is 17.2. The lowest BCUT2D eigenvalue weighted by molar-refractivity contribution is 0.0965. The number of hydrogen-bond acceptors (Lipinski definition) is 6. The molecule has 5 rings (SSSR count). The van der Waals surface area contributed by atoms with Gasteiger partial charge in [-0.05, 0) is 12.8 Å². The van der Waals surface area contributed by atoms with Crippen molar-refractivity contribution in [3.8, 4) is 10.6 Å². The van der Waals surface area contributed by atoms with Crippen LogP contribution in [0.4, 0.5) is 0 Å². The number of fused-ring (bicyclic) bond motifs is 1. The Kier molecular flexibility index (Phi) is 5.79. The van der Waals surface area contributed by atoms with Gasteiger partial charge in [0.25, 0.3) is 0 Å². The highest BCUT2D eigenvalue weighted by Gasteiger charge is 2.21. The molecule has 7 nitrogen and oxygen atoms in total. The van der Waals surface area contributed by atoms with Gasteiger partial charge in [-0.3, -0.25) is 14.4 Å². The first kappa shape index (κ1) is 19.7. The highest BCUT2D eigenvalue weighted by molar-refractivity contribution is 7.13. The number of nitrogens with zero attached hydrogens (tertiary/aromatic N) is 6. The maximum absolute atomic E-state index is 12.7. The van der Waals surface area contributed by atoms with E-state index in [0.29, 0.717) is 6.67 Å². The van der Waals surface area contributed by atoms with E-state index in [-0.39, 0.29) is 5.69 Å². The van der Waals surface area contributed by atoms with Gasteiger partial charge in [0.1, 0.15) is 10.8 Å². The monoisotopic (exact) mass is 424 g/mol. The van der Waals surface area contributed by atoms with Gasteiger partial charge in [0.15, 0.2) is 0 Å². The van der Waals surface area contributed by atoms with Crippen LogP contribution in [-0.2, 0) is 26.2 Å². The molecule has 1 aromatic carbocycles. The fourth-order valence-electron chi connectivity index (χ4n) is 4.32. The Morgan fingerprint density at radius 1 is 0.933 bits per heavy atom. The standard InChI is InChI=1S/C22H28N6OS/c29-22-27-10-6-2-5-9-20(27)24-28(22)17-26-13-11-25(12-14-26)15-19-16-30-21(23-19)18-7-3-1-4-8-18/h1,3-4,7-8,16H,2,5-6,9-15,17H2. The summed E-state index contributed by atoms with van der Waals surface area (Å²) in [5, 5.41) is 7.89. The lowest BCUT2D eigenvalue weighted by atomic mass is 10.2. The van der Waals surface area contributed by atoms with Gasteiger partial charge in [-0.15, -0.1) is 11.3 Å². The molecule has 4 heterocycles. The highest BCUT2D eigenvalue weighted by Crippen LogP contribution is 2.24. The van der Waals surface area contributed by atoms with Gasteiger partial charge in [-0.25, -0.2) is 9.78 Å². The number of hydrogen-bond donors (Lipinski definition) is 0. The van der Waals surface area contributed by atoms with E-state index in [2.05, 4.69) is 44.5 Å². The fraction of sp³-hybridized carbons (Fsp3) is 0.500. The first-order valence-corrected chi connectivity index (χ1v) is 11.8. The Bertz CT molecular complexity index is 1030. The van der Waals surface area contributed by atoms with Crippen molar-refractivity contribution in [1.82, 2.24) is 29.1 Å². The molecule has 0 amide bonds. The van der Waals surface area contributed by atoms with Crippen molar-refractivity contribution in [3.63, 3.8) is 0 Å². The van der Waals surface area contributed by atoms with E-state index in [9.17, 15) is 4.79 Å². The third-order valence-electron chi connectivity index (χ3n) is 6.04. The average Bonchev–Trinajstić information content (AvgIpc) is 3.27. The summed E-state index contributed by atoms with van der Waals surface area (Å²) in [4.78, 5) is 22.3. The Morgan fingerprint density at radius 3 is 2.57 bits per heavy atom. The van der Waals surface area contributed by atoms with Crippen molar-refractivity contribution in [2.24, 2.45) is 0 Å². The van der Waals surface area contributed by atoms with Crippen LogP contribution in [0.1, 0.15) is 30.8 Å². The molecule has 158 valence electrons. The van der Waals surface area contributed by atoms with Crippen LogP contribution in [0.5, 0.6) is 0 Å². The van der Waals surface area contributed by atoms with Crippen LogP contribution in [0.2, 0.25) is 0 Å². The second-order valence-electron chi connectivity index (χ2n) is 8.21. The van der Waals surface area contributed by atoms with Crippen molar-refractivity contribution in [2.45, 2.75) is 45.4 Å². The first-order valence-electron chi connectivity index (χ1n) is 10.9. The molecule has 0 aliphatic carbocycles. The van der Waals surface area contributed by atoms with Gasteiger partial charge in [0.2, 0.25) is 0 Å². The number of piperazine rings is 1. The summed E-state index contributed by atoms with van der Waals surface area (Å²) < 4.78 is 3.55. The zero-order valence-corrected chi connectivity index (χ0v) is 18.1. The second-order valence-corrected chi connectivity index (χ2v) is 9.06. The van der Waals surface area contributed by atoms with Gasteiger partial charge in [-0.1, -0.05) is 36.8 Å². The Hall–Kier alpha value is -2.29. The normalized spacial score (nSPS) is 18.3. The highest BCUT2D eigenvalue weighted by atomic mass is 32.1. The number of thiazole rings is 1. The van der Waals surface area contributed by atoms with Crippen molar-refractivity contribution in [1.29, 1.82) is 0 Å². The molecule has 3 aromatic rings. The lowest BCUT2D eigenvalue weighted by Gasteiger charge is -2.33. The molecule has 0 unspecified atom stereocenters. The van der Waals surface area contributed by atoms with Crippen molar-refractivity contribution in [2.75, 3.05) is 26.2 Å². The number of aryl methyl sites for hydroxylation is 1. The van der Waals surface area contributed by atoms with E-state index < -0.39 is 0 Å². The van der Waals surface area contributed by atoms with Gasteiger partial charge in [0, 0.05) is 56.6 Å². The molecular formula is C22H28N6OS. The Balaban J connectivity index is 1.16. The minimum absolute atomic E-state index is 0.0604. The summed E-state index contributed by atoms with van der Waals surface area (Å²) in [6, 6.07) is 10.4. The van der Waals surface area contributed by atoms with Crippen LogP contribution in [0.25, 0.3) is 10.6 Å². The van der Waals surface area contributed by atoms with Crippen molar-refractivity contribution >= 4 is 11.3 Å². The molecule has 8 heteroatoms. The largest absolute Gasteiger partial charge is 0.347 e. The van der Waals surface area contributed by atoms with Crippen molar-refractivity contribution in [3.05, 3.63) is 57.7 Å².